The second kappa shape index (κ2) is 16.9. The molecule has 0 spiro atoms. The number of anilines is 2. The molecular weight excluding hydrogens is 645 g/mol. The topological polar surface area (TPSA) is 156 Å². The Labute approximate surface area is 279 Å². The van der Waals surface area contributed by atoms with Gasteiger partial charge in [-0.05, 0) is 38.8 Å². The molecule has 1 aromatic heterocycles. The van der Waals surface area contributed by atoms with Crippen molar-refractivity contribution in [1.82, 2.24) is 19.6 Å². The molecule has 0 aliphatic rings. The average Bonchev–Trinajstić information content (AvgIpc) is 3.01. The lowest BCUT2D eigenvalue weighted by atomic mass is 10.1. The molecule has 0 bridgehead atoms. The molecule has 0 atom stereocenters. The zero-order chi connectivity index (χ0) is 34.0. The van der Waals surface area contributed by atoms with Gasteiger partial charge in [0.05, 0.1) is 22.8 Å². The van der Waals surface area contributed by atoms with Crippen LogP contribution in [0.5, 0.6) is 0 Å². The molecule has 0 unspecified atom stereocenters. The number of allylic oxidation sites excluding steroid dienone is 2. The maximum atomic E-state index is 13.5. The van der Waals surface area contributed by atoms with Crippen LogP contribution in [0.15, 0.2) is 58.1 Å². The second-order valence-corrected chi connectivity index (χ2v) is 15.1. The van der Waals surface area contributed by atoms with Gasteiger partial charge < -0.3 is 15.5 Å². The van der Waals surface area contributed by atoms with Gasteiger partial charge in [0.15, 0.2) is 5.78 Å². The maximum Gasteiger partial charge on any atom is 0.241 e. The summed E-state index contributed by atoms with van der Waals surface area (Å²) in [5.74, 6) is -0.138. The summed E-state index contributed by atoms with van der Waals surface area (Å²) in [5, 5.41) is 1.62. The van der Waals surface area contributed by atoms with E-state index in [2.05, 4.69) is 28.5 Å². The highest BCUT2D eigenvalue weighted by molar-refractivity contribution is 8.78. The largest absolute Gasteiger partial charge is 0.383 e. The van der Waals surface area contributed by atoms with E-state index in [1.165, 1.54) is 32.6 Å². The first-order valence-electron chi connectivity index (χ1n) is 14.9. The normalized spacial score (nSPS) is 12.2. The predicted octanol–water partition coefficient (Wildman–Crippen LogP) is 5.24. The van der Waals surface area contributed by atoms with Crippen molar-refractivity contribution in [3.8, 4) is 0 Å². The zero-order valence-corrected chi connectivity index (χ0v) is 29.5. The highest BCUT2D eigenvalue weighted by Crippen LogP contribution is 2.39. The van der Waals surface area contributed by atoms with E-state index in [1.54, 1.807) is 38.2 Å². The monoisotopic (exact) mass is 686 g/mol. The minimum absolute atomic E-state index is 0.0500. The Kier molecular flexibility index (Phi) is 13.6. The number of nitrogen functional groups attached to an aromatic ring is 1. The summed E-state index contributed by atoms with van der Waals surface area (Å²) in [7, 11) is 2.59. The van der Waals surface area contributed by atoms with E-state index in [0.29, 0.717) is 28.9 Å². The average molecular weight is 687 g/mol. The number of hydrogen-bond acceptors (Lipinski definition) is 11. The highest BCUT2D eigenvalue weighted by atomic mass is 33.1. The van der Waals surface area contributed by atoms with E-state index in [-0.39, 0.29) is 40.4 Å². The van der Waals surface area contributed by atoms with E-state index >= 15 is 0 Å². The summed E-state index contributed by atoms with van der Waals surface area (Å²) in [4.78, 5) is 50.6. The van der Waals surface area contributed by atoms with Gasteiger partial charge in [-0.15, -0.1) is 0 Å². The van der Waals surface area contributed by atoms with Crippen LogP contribution >= 0.6 is 21.6 Å². The Morgan fingerprint density at radius 1 is 1.09 bits per heavy atom. The number of fused-ring (bicyclic) bond motifs is 1. The van der Waals surface area contributed by atoms with Crippen LogP contribution in [0.25, 0.3) is 10.8 Å². The van der Waals surface area contributed by atoms with Crippen LogP contribution in [-0.4, -0.2) is 67.2 Å². The fourth-order valence-electron chi connectivity index (χ4n) is 4.67. The summed E-state index contributed by atoms with van der Waals surface area (Å²) < 4.78 is 29.0. The number of rotatable bonds is 18. The number of nitrogens with two attached hydrogens (primary N) is 1. The standard InChI is InChI=1S/C32H42N6O5S3/c1-7-25(8-2)44-45-31(21(3)38(20-39)19-23-18-34-22(4)36-32(23)33)29(41)17-24(40)15-16-35-46(42,43)30-14-10-11-26-27(30)12-9-13-28(26)37(5)6/h9-14,18,20,25,35H,7-8,15-17,19H2,1-6H3,(H2,33,34,36). The van der Waals surface area contributed by atoms with Gasteiger partial charge in [-0.25, -0.2) is 23.1 Å². The molecule has 11 nitrogen and oxygen atoms in total. The summed E-state index contributed by atoms with van der Waals surface area (Å²) in [6.07, 6.45) is 3.30. The van der Waals surface area contributed by atoms with E-state index in [4.69, 9.17) is 5.73 Å². The lowest BCUT2D eigenvalue weighted by Gasteiger charge is -2.22. The predicted molar refractivity (Wildman–Crippen MR) is 188 cm³/mol. The summed E-state index contributed by atoms with van der Waals surface area (Å²) in [6, 6.07) is 10.5. The molecule has 3 N–H and O–H groups in total. The number of sulfonamides is 1. The Hall–Kier alpha value is -3.46. The molecule has 0 aliphatic carbocycles. The third-order valence-electron chi connectivity index (χ3n) is 7.36. The Morgan fingerprint density at radius 3 is 2.39 bits per heavy atom. The lowest BCUT2D eigenvalue weighted by Crippen LogP contribution is -2.27. The molecule has 0 aliphatic heterocycles. The van der Waals surface area contributed by atoms with Crippen molar-refractivity contribution in [1.29, 1.82) is 0 Å². The molecule has 0 saturated carbocycles. The number of carbonyl (C=O) groups excluding carboxylic acids is 3. The van der Waals surface area contributed by atoms with Gasteiger partial charge in [0.25, 0.3) is 0 Å². The molecule has 0 saturated heterocycles. The SMILES string of the molecule is CCC(CC)SSC(C(=O)CC(=O)CCNS(=O)(=O)c1cccc2c(N(C)C)cccc12)=C(C)N(C=O)Cc1cnc(C)nc1N. The molecular formula is C32H42N6O5S3. The van der Waals surface area contributed by atoms with Crippen molar-refractivity contribution in [3.63, 3.8) is 0 Å². The smallest absolute Gasteiger partial charge is 0.241 e. The van der Waals surface area contributed by atoms with Crippen molar-refractivity contribution in [3.05, 3.63) is 64.6 Å². The van der Waals surface area contributed by atoms with Gasteiger partial charge in [-0.2, -0.15) is 0 Å². The van der Waals surface area contributed by atoms with Crippen LogP contribution in [-0.2, 0) is 31.0 Å². The molecule has 3 rings (SSSR count). The summed E-state index contributed by atoms with van der Waals surface area (Å²) >= 11 is 0. The molecule has 248 valence electrons. The van der Waals surface area contributed by atoms with Crippen LogP contribution in [0.1, 0.15) is 57.8 Å². The summed E-state index contributed by atoms with van der Waals surface area (Å²) in [5.41, 5.74) is 7.82. The molecule has 3 aromatic rings. The minimum Gasteiger partial charge on any atom is -0.383 e. The second-order valence-electron chi connectivity index (χ2n) is 10.9. The van der Waals surface area contributed by atoms with E-state index in [9.17, 15) is 22.8 Å². The molecule has 1 amide bonds. The third kappa shape index (κ3) is 9.53. The number of benzene rings is 2. The van der Waals surface area contributed by atoms with Gasteiger partial charge in [-0.3, -0.25) is 14.4 Å². The number of aromatic nitrogens is 2. The van der Waals surface area contributed by atoms with Gasteiger partial charge in [0.1, 0.15) is 17.4 Å². The molecule has 2 aromatic carbocycles. The molecule has 1 heterocycles. The quantitative estimate of drug-likeness (QED) is 0.0781. The molecule has 14 heteroatoms. The number of nitrogens with one attached hydrogen (secondary N) is 1. The number of aryl methyl sites for hydroxylation is 1. The van der Waals surface area contributed by atoms with Crippen molar-refractivity contribution >= 4 is 71.9 Å². The fraction of sp³-hybridized carbons (Fsp3) is 0.406. The lowest BCUT2D eigenvalue weighted by molar-refractivity contribution is -0.124. The van der Waals surface area contributed by atoms with Gasteiger partial charge in [0, 0.05) is 66.2 Å². The Balaban J connectivity index is 1.76. The molecule has 0 radical (unpaired) electrons. The van der Waals surface area contributed by atoms with Crippen LogP contribution in [0, 0.1) is 6.92 Å². The minimum atomic E-state index is -3.95. The van der Waals surface area contributed by atoms with Crippen molar-refractivity contribution < 1.29 is 22.8 Å². The zero-order valence-electron chi connectivity index (χ0n) is 27.1. The molecule has 46 heavy (non-hydrogen) atoms. The summed E-state index contributed by atoms with van der Waals surface area (Å²) in [6.45, 7) is 7.35. The van der Waals surface area contributed by atoms with Crippen LogP contribution in [0.2, 0.25) is 0 Å². The highest BCUT2D eigenvalue weighted by Gasteiger charge is 2.24. The van der Waals surface area contributed by atoms with Crippen LogP contribution < -0.4 is 15.4 Å². The number of ketones is 2. The Morgan fingerprint density at radius 2 is 1.76 bits per heavy atom. The van der Waals surface area contributed by atoms with Gasteiger partial charge in [-0.1, -0.05) is 59.7 Å². The van der Waals surface area contributed by atoms with Crippen LogP contribution in [0.4, 0.5) is 11.5 Å². The number of Topliss-reactive ketones (excluding diaryl/α,β-unsaturated/α-hetero) is 2. The first kappa shape index (κ1) is 37.0. The van der Waals surface area contributed by atoms with E-state index < -0.39 is 28.0 Å². The van der Waals surface area contributed by atoms with E-state index in [1.807, 2.05) is 31.1 Å². The molecule has 0 fully saturated rings. The van der Waals surface area contributed by atoms with Gasteiger partial charge in [0.2, 0.25) is 16.4 Å². The van der Waals surface area contributed by atoms with Crippen molar-refractivity contribution in [2.75, 3.05) is 31.3 Å². The maximum absolute atomic E-state index is 13.5. The van der Waals surface area contributed by atoms with Crippen LogP contribution in [0.3, 0.4) is 0 Å². The fourth-order valence-corrected chi connectivity index (χ4v) is 8.98. The van der Waals surface area contributed by atoms with Crippen molar-refractivity contribution in [2.24, 2.45) is 0 Å². The number of nitrogens with zero attached hydrogens (tertiary/aromatic N) is 4. The van der Waals surface area contributed by atoms with Gasteiger partial charge >= 0.3 is 0 Å². The van der Waals surface area contributed by atoms with Crippen molar-refractivity contribution in [2.45, 2.75) is 70.1 Å². The Bertz CT molecular complexity index is 1710. The number of hydrogen-bond donors (Lipinski definition) is 2. The first-order chi connectivity index (χ1) is 21.8. The number of amides is 1. The van der Waals surface area contributed by atoms with E-state index in [0.717, 1.165) is 23.9 Å². The first-order valence-corrected chi connectivity index (χ1v) is 18.6. The number of carbonyl (C=O) groups is 3. The third-order valence-corrected chi connectivity index (χ3v) is 12.2.